The summed E-state index contributed by atoms with van der Waals surface area (Å²) >= 11 is 0. The van der Waals surface area contributed by atoms with Gasteiger partial charge in [0.1, 0.15) is 11.6 Å². The lowest BCUT2D eigenvalue weighted by atomic mass is 10.2. The Morgan fingerprint density at radius 3 is 2.57 bits per heavy atom. The average molecular weight is 382 g/mol. The van der Waals surface area contributed by atoms with Crippen LogP contribution in [0.15, 0.2) is 35.1 Å². The molecule has 3 N–H and O–H groups in total. The number of carbonyl (C=O) groups excluding carboxylic acids is 1. The third-order valence-electron chi connectivity index (χ3n) is 4.27. The van der Waals surface area contributed by atoms with Gasteiger partial charge in [0.05, 0.1) is 12.8 Å². The molecule has 2 aromatic heterocycles. The van der Waals surface area contributed by atoms with Crippen molar-refractivity contribution in [1.29, 1.82) is 0 Å². The van der Waals surface area contributed by atoms with E-state index in [0.717, 1.165) is 11.3 Å². The van der Waals surface area contributed by atoms with Crippen LogP contribution in [0.4, 0.5) is 10.6 Å². The summed E-state index contributed by atoms with van der Waals surface area (Å²) in [7, 11) is 1.60. The SMILES string of the molecule is COc1ccc(CNC(=O)Nc2cc(C)nn2-c2nc(C)c(C)c(=O)[nH]2)cc1. The van der Waals surface area contributed by atoms with Crippen LogP contribution < -0.4 is 20.9 Å². The first kappa shape index (κ1) is 19.2. The van der Waals surface area contributed by atoms with Crippen molar-refractivity contribution < 1.29 is 9.53 Å². The summed E-state index contributed by atoms with van der Waals surface area (Å²) in [4.78, 5) is 31.4. The van der Waals surface area contributed by atoms with E-state index in [1.807, 2.05) is 24.3 Å². The van der Waals surface area contributed by atoms with Gasteiger partial charge in [0, 0.05) is 23.9 Å². The number of aryl methyl sites for hydroxylation is 2. The van der Waals surface area contributed by atoms with Gasteiger partial charge in [0.15, 0.2) is 0 Å². The van der Waals surface area contributed by atoms with Crippen molar-refractivity contribution in [1.82, 2.24) is 25.1 Å². The lowest BCUT2D eigenvalue weighted by molar-refractivity contribution is 0.251. The molecule has 146 valence electrons. The molecule has 2 heterocycles. The van der Waals surface area contributed by atoms with Crippen LogP contribution in [0.1, 0.15) is 22.5 Å². The standard InChI is InChI=1S/C19H22N6O3/c1-11-9-16(25(24-11)18-21-13(3)12(2)17(26)23-18)22-19(27)20-10-14-5-7-15(28-4)8-6-14/h5-9H,10H2,1-4H3,(H2,20,22,27)(H,21,23,26). The molecule has 0 fully saturated rings. The van der Waals surface area contributed by atoms with Crippen LogP contribution in [0.3, 0.4) is 0 Å². The highest BCUT2D eigenvalue weighted by atomic mass is 16.5. The van der Waals surface area contributed by atoms with Gasteiger partial charge in [-0.2, -0.15) is 9.78 Å². The van der Waals surface area contributed by atoms with Crippen LogP contribution in [0.5, 0.6) is 5.75 Å². The first-order valence-corrected chi connectivity index (χ1v) is 8.69. The molecule has 0 aliphatic heterocycles. The third kappa shape index (κ3) is 4.20. The van der Waals surface area contributed by atoms with Gasteiger partial charge in [0.2, 0.25) is 5.95 Å². The second kappa shape index (κ2) is 7.95. The summed E-state index contributed by atoms with van der Waals surface area (Å²) in [6, 6.07) is 8.70. The molecule has 1 aromatic carbocycles. The zero-order chi connectivity index (χ0) is 20.3. The molecule has 9 heteroatoms. The fourth-order valence-electron chi connectivity index (χ4n) is 2.57. The molecule has 9 nitrogen and oxygen atoms in total. The molecule has 0 saturated heterocycles. The Kier molecular flexibility index (Phi) is 5.44. The van der Waals surface area contributed by atoms with E-state index in [4.69, 9.17) is 4.74 Å². The van der Waals surface area contributed by atoms with Crippen LogP contribution in [-0.2, 0) is 6.54 Å². The number of aromatic nitrogens is 4. The van der Waals surface area contributed by atoms with Crippen LogP contribution in [0.2, 0.25) is 0 Å². The van der Waals surface area contributed by atoms with E-state index in [-0.39, 0.29) is 11.5 Å². The van der Waals surface area contributed by atoms with Crippen molar-refractivity contribution >= 4 is 11.8 Å². The number of hydrogen-bond donors (Lipinski definition) is 3. The smallest absolute Gasteiger partial charge is 0.320 e. The Labute approximate surface area is 161 Å². The maximum absolute atomic E-state index is 12.3. The fraction of sp³-hybridized carbons (Fsp3) is 0.263. The number of ether oxygens (including phenoxy) is 1. The molecule has 2 amide bonds. The molecular formula is C19H22N6O3. The van der Waals surface area contributed by atoms with Crippen molar-refractivity contribution in [3.63, 3.8) is 0 Å². The first-order valence-electron chi connectivity index (χ1n) is 8.69. The molecule has 0 saturated carbocycles. The predicted octanol–water partition coefficient (Wildman–Crippen LogP) is 2.21. The monoisotopic (exact) mass is 382 g/mol. The number of aromatic amines is 1. The first-order chi connectivity index (χ1) is 13.4. The Morgan fingerprint density at radius 1 is 1.21 bits per heavy atom. The number of urea groups is 1. The van der Waals surface area contributed by atoms with E-state index in [1.54, 1.807) is 33.9 Å². The molecule has 0 spiro atoms. The molecule has 0 aliphatic rings. The second-order valence-corrected chi connectivity index (χ2v) is 6.34. The summed E-state index contributed by atoms with van der Waals surface area (Å²) in [6.45, 7) is 5.59. The van der Waals surface area contributed by atoms with E-state index >= 15 is 0 Å². The molecule has 0 atom stereocenters. The van der Waals surface area contributed by atoms with E-state index in [9.17, 15) is 9.59 Å². The third-order valence-corrected chi connectivity index (χ3v) is 4.27. The zero-order valence-electron chi connectivity index (χ0n) is 16.2. The maximum atomic E-state index is 12.3. The number of H-pyrrole nitrogens is 1. The topological polar surface area (TPSA) is 114 Å². The number of nitrogens with one attached hydrogen (secondary N) is 3. The summed E-state index contributed by atoms with van der Waals surface area (Å²) in [5.74, 6) is 1.39. The van der Waals surface area contributed by atoms with Gasteiger partial charge in [-0.15, -0.1) is 0 Å². The van der Waals surface area contributed by atoms with E-state index in [0.29, 0.717) is 29.3 Å². The molecule has 0 radical (unpaired) electrons. The lowest BCUT2D eigenvalue weighted by Gasteiger charge is -2.10. The molecule has 0 unspecified atom stereocenters. The highest BCUT2D eigenvalue weighted by Crippen LogP contribution is 2.15. The van der Waals surface area contributed by atoms with Crippen molar-refractivity contribution in [2.45, 2.75) is 27.3 Å². The minimum absolute atomic E-state index is 0.242. The Balaban J connectivity index is 1.74. The Bertz CT molecular complexity index is 1050. The normalized spacial score (nSPS) is 10.6. The van der Waals surface area contributed by atoms with Crippen LogP contribution >= 0.6 is 0 Å². The van der Waals surface area contributed by atoms with Gasteiger partial charge >= 0.3 is 6.03 Å². The van der Waals surface area contributed by atoms with Crippen LogP contribution in [0, 0.1) is 20.8 Å². The molecule has 3 rings (SSSR count). The van der Waals surface area contributed by atoms with E-state index in [2.05, 4.69) is 25.7 Å². The van der Waals surface area contributed by atoms with Gasteiger partial charge in [-0.25, -0.2) is 9.78 Å². The summed E-state index contributed by atoms with van der Waals surface area (Å²) < 4.78 is 6.51. The summed E-state index contributed by atoms with van der Waals surface area (Å²) in [6.07, 6.45) is 0. The summed E-state index contributed by atoms with van der Waals surface area (Å²) in [5.41, 5.74) is 2.50. The largest absolute Gasteiger partial charge is 0.497 e. The molecule has 0 bridgehead atoms. The van der Waals surface area contributed by atoms with Crippen molar-refractivity contribution in [3.05, 3.63) is 63.2 Å². The van der Waals surface area contributed by atoms with E-state index in [1.165, 1.54) is 4.68 Å². The zero-order valence-corrected chi connectivity index (χ0v) is 16.2. The number of hydrogen-bond acceptors (Lipinski definition) is 5. The summed E-state index contributed by atoms with van der Waals surface area (Å²) in [5, 5.41) is 9.83. The highest BCUT2D eigenvalue weighted by Gasteiger charge is 2.14. The minimum Gasteiger partial charge on any atom is -0.497 e. The highest BCUT2D eigenvalue weighted by molar-refractivity contribution is 5.88. The number of benzene rings is 1. The number of carbonyl (C=O) groups is 1. The minimum atomic E-state index is -0.400. The van der Waals surface area contributed by atoms with Gasteiger partial charge < -0.3 is 10.1 Å². The van der Waals surface area contributed by atoms with Crippen molar-refractivity contribution in [2.75, 3.05) is 12.4 Å². The lowest BCUT2D eigenvalue weighted by Crippen LogP contribution is -2.29. The van der Waals surface area contributed by atoms with Crippen LogP contribution in [0.25, 0.3) is 5.95 Å². The number of rotatable bonds is 5. The number of anilines is 1. The van der Waals surface area contributed by atoms with Crippen LogP contribution in [-0.4, -0.2) is 32.9 Å². The quantitative estimate of drug-likeness (QED) is 0.626. The van der Waals surface area contributed by atoms with Gasteiger partial charge in [-0.1, -0.05) is 12.1 Å². The Hall–Kier alpha value is -3.62. The number of amides is 2. The van der Waals surface area contributed by atoms with Crippen molar-refractivity contribution in [2.24, 2.45) is 0 Å². The molecule has 0 aliphatic carbocycles. The second-order valence-electron chi connectivity index (χ2n) is 6.34. The average Bonchev–Trinajstić information content (AvgIpc) is 3.04. The molecule has 3 aromatic rings. The van der Waals surface area contributed by atoms with Gasteiger partial charge in [-0.3, -0.25) is 15.1 Å². The maximum Gasteiger partial charge on any atom is 0.320 e. The predicted molar refractivity (Wildman–Crippen MR) is 105 cm³/mol. The van der Waals surface area contributed by atoms with Gasteiger partial charge in [0.25, 0.3) is 5.56 Å². The molecule has 28 heavy (non-hydrogen) atoms. The number of nitrogens with zero attached hydrogens (tertiary/aromatic N) is 3. The molecular weight excluding hydrogens is 360 g/mol. The fourth-order valence-corrected chi connectivity index (χ4v) is 2.57. The number of methoxy groups -OCH3 is 1. The Morgan fingerprint density at radius 2 is 1.93 bits per heavy atom. The van der Waals surface area contributed by atoms with Crippen molar-refractivity contribution in [3.8, 4) is 11.7 Å². The van der Waals surface area contributed by atoms with E-state index < -0.39 is 6.03 Å². The van der Waals surface area contributed by atoms with Gasteiger partial charge in [-0.05, 0) is 38.5 Å².